The number of hydrogen-bond acceptors (Lipinski definition) is 5. The Hall–Kier alpha value is -1.76. The van der Waals surface area contributed by atoms with Crippen LogP contribution in [0, 0.1) is 5.92 Å². The maximum absolute atomic E-state index is 11.7. The fourth-order valence-electron chi connectivity index (χ4n) is 2.28. The van der Waals surface area contributed by atoms with Gasteiger partial charge in [-0.15, -0.1) is 0 Å². The number of ether oxygens (including phenoxy) is 1. The van der Waals surface area contributed by atoms with Gasteiger partial charge < -0.3 is 15.8 Å². The van der Waals surface area contributed by atoms with Crippen molar-refractivity contribution in [2.75, 3.05) is 30.8 Å². The van der Waals surface area contributed by atoms with Crippen LogP contribution in [-0.4, -0.2) is 29.3 Å². The van der Waals surface area contributed by atoms with Crippen molar-refractivity contribution in [2.45, 2.75) is 26.3 Å². The lowest BCUT2D eigenvalue weighted by Gasteiger charge is -2.13. The number of rotatable bonds is 5. The van der Waals surface area contributed by atoms with Gasteiger partial charge in [0.15, 0.2) is 0 Å². The monoisotopic (exact) mass is 268 g/mol. The highest BCUT2D eigenvalue weighted by molar-refractivity contribution is 5.60. The zero-order valence-corrected chi connectivity index (χ0v) is 11.1. The van der Waals surface area contributed by atoms with E-state index < -0.39 is 11.2 Å². The van der Waals surface area contributed by atoms with E-state index in [0.717, 1.165) is 26.1 Å². The largest absolute Gasteiger partial charge is 0.383 e. The number of nitrogens with zero attached hydrogens (tertiary/aromatic N) is 1. The molecule has 1 aliphatic rings. The van der Waals surface area contributed by atoms with Gasteiger partial charge in [-0.25, -0.2) is 4.79 Å². The summed E-state index contributed by atoms with van der Waals surface area (Å²) in [5.74, 6) is 0.726. The Kier molecular flexibility index (Phi) is 4.26. The summed E-state index contributed by atoms with van der Waals surface area (Å²) < 4.78 is 6.63. The molecule has 106 valence electrons. The van der Waals surface area contributed by atoms with Gasteiger partial charge in [-0.3, -0.25) is 14.3 Å². The molecule has 0 radical (unpaired) electrons. The van der Waals surface area contributed by atoms with E-state index in [1.807, 2.05) is 0 Å². The highest BCUT2D eigenvalue weighted by Crippen LogP contribution is 2.17. The van der Waals surface area contributed by atoms with Crippen LogP contribution >= 0.6 is 0 Å². The van der Waals surface area contributed by atoms with E-state index in [4.69, 9.17) is 10.5 Å². The molecule has 0 aromatic carbocycles. The van der Waals surface area contributed by atoms with Gasteiger partial charge in [0.2, 0.25) is 0 Å². The van der Waals surface area contributed by atoms with Crippen molar-refractivity contribution in [3.05, 3.63) is 20.8 Å². The lowest BCUT2D eigenvalue weighted by atomic mass is 10.1. The maximum atomic E-state index is 11.7. The summed E-state index contributed by atoms with van der Waals surface area (Å²) in [4.78, 5) is 25.5. The third-order valence-corrected chi connectivity index (χ3v) is 3.43. The molecule has 7 nitrogen and oxygen atoms in total. The second-order valence-corrected chi connectivity index (χ2v) is 4.71. The second kappa shape index (κ2) is 5.92. The van der Waals surface area contributed by atoms with Crippen LogP contribution in [0.4, 0.5) is 11.5 Å². The molecule has 7 heteroatoms. The van der Waals surface area contributed by atoms with Crippen molar-refractivity contribution in [2.24, 2.45) is 5.92 Å². The summed E-state index contributed by atoms with van der Waals surface area (Å²) in [7, 11) is 0. The standard InChI is InChI=1S/C12H20N4O3/c1-2-16-10(13)9(11(17)15-12(16)18)14-5-3-8-4-6-19-7-8/h8,14H,2-7,13H2,1H3,(H,15,17,18). The number of nitrogens with one attached hydrogen (secondary N) is 2. The number of anilines is 2. The maximum Gasteiger partial charge on any atom is 0.330 e. The third kappa shape index (κ3) is 2.98. The Bertz CT molecular complexity index is 543. The molecule has 1 fully saturated rings. The minimum Gasteiger partial charge on any atom is -0.383 e. The smallest absolute Gasteiger partial charge is 0.330 e. The molecule has 0 amide bonds. The van der Waals surface area contributed by atoms with Crippen LogP contribution in [-0.2, 0) is 11.3 Å². The van der Waals surface area contributed by atoms with Gasteiger partial charge in [0, 0.05) is 26.3 Å². The molecule has 2 rings (SSSR count). The van der Waals surface area contributed by atoms with Crippen LogP contribution in [0.3, 0.4) is 0 Å². The molecule has 1 saturated heterocycles. The summed E-state index contributed by atoms with van der Waals surface area (Å²) in [6.07, 6.45) is 1.98. The molecular weight excluding hydrogens is 248 g/mol. The van der Waals surface area contributed by atoms with Crippen molar-refractivity contribution in [1.82, 2.24) is 9.55 Å². The zero-order valence-electron chi connectivity index (χ0n) is 11.1. The lowest BCUT2D eigenvalue weighted by Crippen LogP contribution is -2.34. The Morgan fingerprint density at radius 2 is 2.32 bits per heavy atom. The first-order valence-electron chi connectivity index (χ1n) is 6.57. The number of hydrogen-bond donors (Lipinski definition) is 3. The van der Waals surface area contributed by atoms with E-state index in [9.17, 15) is 9.59 Å². The topological polar surface area (TPSA) is 102 Å². The summed E-state index contributed by atoms with van der Waals surface area (Å²) in [6, 6.07) is 0. The van der Waals surface area contributed by atoms with Gasteiger partial charge in [0.05, 0.1) is 0 Å². The number of nitrogen functional groups attached to an aromatic ring is 1. The van der Waals surface area contributed by atoms with Gasteiger partial charge in [-0.2, -0.15) is 0 Å². The van der Waals surface area contributed by atoms with Gasteiger partial charge in [0.1, 0.15) is 11.5 Å². The van der Waals surface area contributed by atoms with E-state index in [1.54, 1.807) is 6.92 Å². The van der Waals surface area contributed by atoms with Crippen molar-refractivity contribution < 1.29 is 4.74 Å². The van der Waals surface area contributed by atoms with E-state index in [0.29, 0.717) is 19.0 Å². The quantitative estimate of drug-likeness (QED) is 0.696. The molecule has 0 bridgehead atoms. The predicted molar refractivity (Wildman–Crippen MR) is 73.4 cm³/mol. The van der Waals surface area contributed by atoms with Gasteiger partial charge >= 0.3 is 5.69 Å². The van der Waals surface area contributed by atoms with E-state index in [1.165, 1.54) is 4.57 Å². The zero-order chi connectivity index (χ0) is 13.8. The minimum atomic E-state index is -0.472. The van der Waals surface area contributed by atoms with E-state index in [-0.39, 0.29) is 11.5 Å². The first-order valence-corrected chi connectivity index (χ1v) is 6.57. The number of aromatic amines is 1. The Morgan fingerprint density at radius 3 is 2.95 bits per heavy atom. The molecule has 0 saturated carbocycles. The van der Waals surface area contributed by atoms with E-state index in [2.05, 4.69) is 10.3 Å². The minimum absolute atomic E-state index is 0.193. The molecule has 0 aliphatic carbocycles. The molecule has 19 heavy (non-hydrogen) atoms. The molecule has 0 spiro atoms. The summed E-state index contributed by atoms with van der Waals surface area (Å²) in [5.41, 5.74) is 5.19. The van der Waals surface area contributed by atoms with Crippen LogP contribution < -0.4 is 22.3 Å². The van der Waals surface area contributed by atoms with Crippen molar-refractivity contribution in [3.8, 4) is 0 Å². The van der Waals surface area contributed by atoms with Crippen molar-refractivity contribution in [1.29, 1.82) is 0 Å². The first kappa shape index (κ1) is 13.7. The molecule has 1 aliphatic heterocycles. The first-order chi connectivity index (χ1) is 9.13. The molecular formula is C12H20N4O3. The molecule has 4 N–H and O–H groups in total. The molecule has 2 heterocycles. The molecule has 1 atom stereocenters. The third-order valence-electron chi connectivity index (χ3n) is 3.43. The molecule has 1 aromatic heterocycles. The Morgan fingerprint density at radius 1 is 1.53 bits per heavy atom. The van der Waals surface area contributed by atoms with Gasteiger partial charge in [0.25, 0.3) is 5.56 Å². The Balaban J connectivity index is 2.07. The fourth-order valence-corrected chi connectivity index (χ4v) is 2.28. The summed E-state index contributed by atoms with van der Waals surface area (Å²) in [5, 5.41) is 3.03. The predicted octanol–water partition coefficient (Wildman–Crippen LogP) is -0.0228. The summed E-state index contributed by atoms with van der Waals surface area (Å²) in [6.45, 7) is 4.46. The van der Waals surface area contributed by atoms with Crippen LogP contribution in [0.1, 0.15) is 19.8 Å². The van der Waals surface area contributed by atoms with Crippen LogP contribution in [0.2, 0.25) is 0 Å². The number of aromatic nitrogens is 2. The lowest BCUT2D eigenvalue weighted by molar-refractivity contribution is 0.185. The van der Waals surface area contributed by atoms with Crippen molar-refractivity contribution >= 4 is 11.5 Å². The average Bonchev–Trinajstić information content (AvgIpc) is 2.86. The Labute approximate surface area is 110 Å². The van der Waals surface area contributed by atoms with Gasteiger partial charge in [-0.05, 0) is 25.7 Å². The highest BCUT2D eigenvalue weighted by Gasteiger charge is 2.16. The number of H-pyrrole nitrogens is 1. The van der Waals surface area contributed by atoms with Crippen LogP contribution in [0.15, 0.2) is 9.59 Å². The second-order valence-electron chi connectivity index (χ2n) is 4.71. The SMILES string of the molecule is CCn1c(N)c(NCCC2CCOC2)c(=O)[nH]c1=O. The molecule has 1 aromatic rings. The van der Waals surface area contributed by atoms with E-state index >= 15 is 0 Å². The average molecular weight is 268 g/mol. The molecule has 1 unspecified atom stereocenters. The normalized spacial score (nSPS) is 18.7. The van der Waals surface area contributed by atoms with Crippen molar-refractivity contribution in [3.63, 3.8) is 0 Å². The number of nitrogens with two attached hydrogens (primary N) is 1. The van der Waals surface area contributed by atoms with Gasteiger partial charge in [-0.1, -0.05) is 0 Å². The highest BCUT2D eigenvalue weighted by atomic mass is 16.5. The van der Waals surface area contributed by atoms with Crippen LogP contribution in [0.25, 0.3) is 0 Å². The summed E-state index contributed by atoms with van der Waals surface area (Å²) >= 11 is 0. The van der Waals surface area contributed by atoms with Crippen LogP contribution in [0.5, 0.6) is 0 Å². The fraction of sp³-hybridized carbons (Fsp3) is 0.667.